The molecule has 2 rings (SSSR count). The van der Waals surface area contributed by atoms with Crippen LogP contribution in [0.2, 0.25) is 0 Å². The Morgan fingerprint density at radius 2 is 2.33 bits per heavy atom. The molecule has 0 fully saturated rings. The summed E-state index contributed by atoms with van der Waals surface area (Å²) >= 11 is 1.55. The van der Waals surface area contributed by atoms with Gasteiger partial charge in [-0.2, -0.15) is 0 Å². The van der Waals surface area contributed by atoms with Crippen molar-refractivity contribution in [2.45, 2.75) is 19.4 Å². The topological polar surface area (TPSA) is 58.9 Å². The van der Waals surface area contributed by atoms with Crippen molar-refractivity contribution in [1.82, 2.24) is 15.0 Å². The quantitative estimate of drug-likeness (QED) is 0.853. The summed E-state index contributed by atoms with van der Waals surface area (Å²) in [5.74, 6) is 0. The summed E-state index contributed by atoms with van der Waals surface area (Å²) in [7, 11) is 0. The standard InChI is InChI=1S/C10H11N3OS/c1-7-6-15-10(13-7)4-9(14)8-5-11-2-3-12-8/h2-3,5-6,9,14H,4H2,1H3. The van der Waals surface area contributed by atoms with Crippen LogP contribution in [0, 0.1) is 6.92 Å². The van der Waals surface area contributed by atoms with E-state index in [0.29, 0.717) is 12.1 Å². The lowest BCUT2D eigenvalue weighted by Crippen LogP contribution is -2.04. The summed E-state index contributed by atoms with van der Waals surface area (Å²) in [5.41, 5.74) is 1.58. The zero-order valence-electron chi connectivity index (χ0n) is 8.29. The maximum Gasteiger partial charge on any atom is 0.104 e. The number of thiazole rings is 1. The highest BCUT2D eigenvalue weighted by atomic mass is 32.1. The van der Waals surface area contributed by atoms with Crippen molar-refractivity contribution in [3.05, 3.63) is 40.4 Å². The maximum absolute atomic E-state index is 9.85. The second-order valence-electron chi connectivity index (χ2n) is 3.23. The zero-order chi connectivity index (χ0) is 10.7. The molecule has 1 N–H and O–H groups in total. The molecule has 0 aliphatic rings. The van der Waals surface area contributed by atoms with Crippen LogP contribution in [-0.2, 0) is 6.42 Å². The third-order valence-electron chi connectivity index (χ3n) is 1.96. The fourth-order valence-electron chi connectivity index (χ4n) is 1.25. The van der Waals surface area contributed by atoms with Crippen LogP contribution >= 0.6 is 11.3 Å². The van der Waals surface area contributed by atoms with Crippen molar-refractivity contribution in [2.75, 3.05) is 0 Å². The molecular formula is C10H11N3OS. The number of aryl methyl sites for hydroxylation is 1. The van der Waals surface area contributed by atoms with Gasteiger partial charge in [-0.1, -0.05) is 0 Å². The lowest BCUT2D eigenvalue weighted by atomic mass is 10.2. The Bertz CT molecular complexity index is 429. The normalized spacial score (nSPS) is 12.7. The zero-order valence-corrected chi connectivity index (χ0v) is 9.11. The molecule has 15 heavy (non-hydrogen) atoms. The Balaban J connectivity index is 2.07. The van der Waals surface area contributed by atoms with Gasteiger partial charge in [0.25, 0.3) is 0 Å². The Kier molecular flexibility index (Phi) is 3.03. The molecular weight excluding hydrogens is 210 g/mol. The lowest BCUT2D eigenvalue weighted by Gasteiger charge is -2.06. The predicted molar refractivity (Wildman–Crippen MR) is 57.5 cm³/mol. The SMILES string of the molecule is Cc1csc(CC(O)c2cnccn2)n1. The summed E-state index contributed by atoms with van der Waals surface area (Å²) < 4.78 is 0. The number of hydrogen-bond donors (Lipinski definition) is 1. The number of aromatic nitrogens is 3. The van der Waals surface area contributed by atoms with E-state index in [0.717, 1.165) is 10.7 Å². The van der Waals surface area contributed by atoms with Crippen molar-refractivity contribution < 1.29 is 5.11 Å². The molecule has 0 saturated carbocycles. The average molecular weight is 221 g/mol. The lowest BCUT2D eigenvalue weighted by molar-refractivity contribution is 0.173. The van der Waals surface area contributed by atoms with E-state index in [2.05, 4.69) is 15.0 Å². The van der Waals surface area contributed by atoms with E-state index >= 15 is 0 Å². The highest BCUT2D eigenvalue weighted by molar-refractivity contribution is 7.09. The van der Waals surface area contributed by atoms with Crippen molar-refractivity contribution in [2.24, 2.45) is 0 Å². The van der Waals surface area contributed by atoms with Gasteiger partial charge in [-0.25, -0.2) is 4.98 Å². The van der Waals surface area contributed by atoms with Gasteiger partial charge in [0.2, 0.25) is 0 Å². The number of nitrogens with zero attached hydrogens (tertiary/aromatic N) is 3. The number of aliphatic hydroxyl groups excluding tert-OH is 1. The molecule has 0 aliphatic carbocycles. The van der Waals surface area contributed by atoms with Gasteiger partial charge < -0.3 is 5.11 Å². The number of aliphatic hydroxyl groups is 1. The van der Waals surface area contributed by atoms with Crippen LogP contribution in [0.1, 0.15) is 22.5 Å². The Morgan fingerprint density at radius 3 is 2.93 bits per heavy atom. The first-order valence-corrected chi connectivity index (χ1v) is 5.48. The first-order chi connectivity index (χ1) is 7.25. The fraction of sp³-hybridized carbons (Fsp3) is 0.300. The minimum absolute atomic E-state index is 0.497. The first-order valence-electron chi connectivity index (χ1n) is 4.60. The molecule has 2 heterocycles. The first kappa shape index (κ1) is 10.2. The van der Waals surface area contributed by atoms with Gasteiger partial charge in [-0.15, -0.1) is 11.3 Å². The predicted octanol–water partition coefficient (Wildman–Crippen LogP) is 1.52. The molecule has 5 heteroatoms. The molecule has 0 saturated heterocycles. The number of rotatable bonds is 3. The number of hydrogen-bond acceptors (Lipinski definition) is 5. The molecule has 0 aliphatic heterocycles. The minimum atomic E-state index is -0.621. The molecule has 78 valence electrons. The van der Waals surface area contributed by atoms with E-state index in [4.69, 9.17) is 0 Å². The molecule has 1 unspecified atom stereocenters. The summed E-state index contributed by atoms with van der Waals surface area (Å²) in [6.07, 6.45) is 4.61. The monoisotopic (exact) mass is 221 g/mol. The second kappa shape index (κ2) is 4.46. The van der Waals surface area contributed by atoms with Gasteiger partial charge in [-0.05, 0) is 6.92 Å². The molecule has 0 aromatic carbocycles. The molecule has 4 nitrogen and oxygen atoms in total. The van der Waals surface area contributed by atoms with Gasteiger partial charge in [0.05, 0.1) is 16.9 Å². The van der Waals surface area contributed by atoms with Gasteiger partial charge in [0, 0.05) is 29.9 Å². The third kappa shape index (κ3) is 2.57. The fourth-order valence-corrected chi connectivity index (χ4v) is 2.06. The Labute approximate surface area is 91.7 Å². The summed E-state index contributed by atoms with van der Waals surface area (Å²) in [6, 6.07) is 0. The van der Waals surface area contributed by atoms with Crippen LogP contribution in [0.25, 0.3) is 0 Å². The highest BCUT2D eigenvalue weighted by Crippen LogP contribution is 2.18. The van der Waals surface area contributed by atoms with E-state index < -0.39 is 6.10 Å². The largest absolute Gasteiger partial charge is 0.386 e. The van der Waals surface area contributed by atoms with Crippen LogP contribution < -0.4 is 0 Å². The van der Waals surface area contributed by atoms with Crippen LogP contribution in [0.4, 0.5) is 0 Å². The van der Waals surface area contributed by atoms with Gasteiger partial charge >= 0.3 is 0 Å². The van der Waals surface area contributed by atoms with Gasteiger partial charge in [-0.3, -0.25) is 9.97 Å². The molecule has 0 bridgehead atoms. The Hall–Kier alpha value is -1.33. The van der Waals surface area contributed by atoms with Crippen LogP contribution in [0.15, 0.2) is 24.0 Å². The van der Waals surface area contributed by atoms with Crippen molar-refractivity contribution in [3.63, 3.8) is 0 Å². The smallest absolute Gasteiger partial charge is 0.104 e. The summed E-state index contributed by atoms with van der Waals surface area (Å²) in [4.78, 5) is 12.2. The molecule has 0 spiro atoms. The van der Waals surface area contributed by atoms with Gasteiger partial charge in [0.1, 0.15) is 6.10 Å². The highest BCUT2D eigenvalue weighted by Gasteiger charge is 2.11. The molecule has 0 radical (unpaired) electrons. The van der Waals surface area contributed by atoms with Crippen molar-refractivity contribution in [1.29, 1.82) is 0 Å². The molecule has 2 aromatic heterocycles. The van der Waals surface area contributed by atoms with Crippen LogP contribution in [-0.4, -0.2) is 20.1 Å². The average Bonchev–Trinajstić information content (AvgIpc) is 2.65. The van der Waals surface area contributed by atoms with E-state index in [1.54, 1.807) is 29.9 Å². The maximum atomic E-state index is 9.85. The van der Waals surface area contributed by atoms with E-state index in [-0.39, 0.29) is 0 Å². The molecule has 0 amide bonds. The van der Waals surface area contributed by atoms with E-state index in [9.17, 15) is 5.11 Å². The van der Waals surface area contributed by atoms with Gasteiger partial charge in [0.15, 0.2) is 0 Å². The minimum Gasteiger partial charge on any atom is -0.386 e. The Morgan fingerprint density at radius 1 is 1.47 bits per heavy atom. The molecule has 2 aromatic rings. The van der Waals surface area contributed by atoms with Crippen molar-refractivity contribution in [3.8, 4) is 0 Å². The summed E-state index contributed by atoms with van der Waals surface area (Å²) in [5, 5.41) is 12.7. The van der Waals surface area contributed by atoms with Crippen LogP contribution in [0.5, 0.6) is 0 Å². The van der Waals surface area contributed by atoms with Crippen LogP contribution in [0.3, 0.4) is 0 Å². The van der Waals surface area contributed by atoms with E-state index in [1.807, 2.05) is 12.3 Å². The second-order valence-corrected chi connectivity index (χ2v) is 4.18. The van der Waals surface area contributed by atoms with E-state index in [1.165, 1.54) is 0 Å². The third-order valence-corrected chi connectivity index (χ3v) is 2.95. The molecule has 1 atom stereocenters. The van der Waals surface area contributed by atoms with Crippen molar-refractivity contribution >= 4 is 11.3 Å². The summed E-state index contributed by atoms with van der Waals surface area (Å²) in [6.45, 7) is 1.94.